The standard InChI is InChI=1S/C23H26ClN3O/c1-23(2)12-19-21(20(28)13-23)22(14-5-8-16(9-6-14)27(3)4)26-18-11-15(24)7-10-17(18)25-19/h5-11,22,25-26H,12-13H2,1-4H3/t22-/m0/s1. The number of nitrogens with zero attached hydrogens (tertiary/aromatic N) is 1. The maximum Gasteiger partial charge on any atom is 0.163 e. The normalized spacial score (nSPS) is 20.5. The lowest BCUT2D eigenvalue weighted by molar-refractivity contribution is -0.118. The second-order valence-corrected chi connectivity index (χ2v) is 9.15. The van der Waals surface area contributed by atoms with Crippen molar-refractivity contribution in [1.82, 2.24) is 0 Å². The summed E-state index contributed by atoms with van der Waals surface area (Å²) in [5.41, 5.74) is 5.86. The van der Waals surface area contributed by atoms with Crippen LogP contribution < -0.4 is 15.5 Å². The molecular weight excluding hydrogens is 370 g/mol. The number of hydrogen-bond donors (Lipinski definition) is 2. The summed E-state index contributed by atoms with van der Waals surface area (Å²) in [5, 5.41) is 7.78. The molecule has 1 aliphatic carbocycles. The van der Waals surface area contributed by atoms with Crippen LogP contribution in [0.5, 0.6) is 0 Å². The van der Waals surface area contributed by atoms with Gasteiger partial charge in [-0.2, -0.15) is 0 Å². The van der Waals surface area contributed by atoms with Crippen molar-refractivity contribution in [3.8, 4) is 0 Å². The molecule has 0 aromatic heterocycles. The fourth-order valence-electron chi connectivity index (χ4n) is 4.13. The van der Waals surface area contributed by atoms with Gasteiger partial charge in [0.25, 0.3) is 0 Å². The fourth-order valence-corrected chi connectivity index (χ4v) is 4.30. The van der Waals surface area contributed by atoms with E-state index in [0.717, 1.165) is 40.3 Å². The number of ketones is 1. The summed E-state index contributed by atoms with van der Waals surface area (Å²) in [7, 11) is 4.04. The van der Waals surface area contributed by atoms with Crippen molar-refractivity contribution < 1.29 is 4.79 Å². The number of rotatable bonds is 2. The molecule has 0 radical (unpaired) electrons. The smallest absolute Gasteiger partial charge is 0.163 e. The molecule has 0 amide bonds. The molecule has 1 heterocycles. The first kappa shape index (κ1) is 18.9. The molecule has 2 N–H and O–H groups in total. The first-order valence-corrected chi connectivity index (χ1v) is 9.98. The molecule has 146 valence electrons. The van der Waals surface area contributed by atoms with Crippen molar-refractivity contribution in [3.63, 3.8) is 0 Å². The summed E-state index contributed by atoms with van der Waals surface area (Å²) in [6.45, 7) is 4.30. The van der Waals surface area contributed by atoms with Crippen molar-refractivity contribution in [2.24, 2.45) is 5.41 Å². The number of halogens is 1. The zero-order valence-electron chi connectivity index (χ0n) is 16.8. The lowest BCUT2D eigenvalue weighted by Crippen LogP contribution is -2.31. The maximum absolute atomic E-state index is 13.2. The number of benzene rings is 2. The Bertz CT molecular complexity index is 960. The zero-order valence-corrected chi connectivity index (χ0v) is 17.5. The van der Waals surface area contributed by atoms with Crippen molar-refractivity contribution in [2.75, 3.05) is 29.6 Å². The van der Waals surface area contributed by atoms with Gasteiger partial charge in [-0.1, -0.05) is 37.6 Å². The number of anilines is 3. The minimum Gasteiger partial charge on any atom is -0.378 e. The topological polar surface area (TPSA) is 44.4 Å². The zero-order chi connectivity index (χ0) is 20.1. The number of Topliss-reactive ketones (excluding diaryl/α,β-unsaturated/α-hetero) is 1. The molecule has 2 aliphatic rings. The molecule has 0 spiro atoms. The Labute approximate surface area is 171 Å². The molecule has 4 rings (SSSR count). The fraction of sp³-hybridized carbons (Fsp3) is 0.348. The first-order valence-electron chi connectivity index (χ1n) is 9.60. The van der Waals surface area contributed by atoms with E-state index in [1.54, 1.807) is 0 Å². The molecule has 0 unspecified atom stereocenters. The molecular formula is C23H26ClN3O. The Kier molecular flexibility index (Phi) is 4.62. The molecule has 4 nitrogen and oxygen atoms in total. The molecule has 28 heavy (non-hydrogen) atoms. The Balaban J connectivity index is 1.84. The van der Waals surface area contributed by atoms with Gasteiger partial charge in [0.05, 0.1) is 17.4 Å². The average Bonchev–Trinajstić information content (AvgIpc) is 2.77. The minimum absolute atomic E-state index is 0.0564. The van der Waals surface area contributed by atoms with Crippen LogP contribution in [0, 0.1) is 5.41 Å². The Morgan fingerprint density at radius 2 is 1.75 bits per heavy atom. The van der Waals surface area contributed by atoms with Crippen molar-refractivity contribution in [1.29, 1.82) is 0 Å². The lowest BCUT2D eigenvalue weighted by Gasteiger charge is -2.34. The third-order valence-electron chi connectivity index (χ3n) is 5.52. The second kappa shape index (κ2) is 6.85. The van der Waals surface area contributed by atoms with Gasteiger partial charge in [-0.15, -0.1) is 0 Å². The molecule has 5 heteroatoms. The van der Waals surface area contributed by atoms with Crippen molar-refractivity contribution in [2.45, 2.75) is 32.7 Å². The monoisotopic (exact) mass is 395 g/mol. The molecule has 0 fully saturated rings. The molecule has 2 aromatic carbocycles. The number of hydrogen-bond acceptors (Lipinski definition) is 4. The molecule has 0 saturated carbocycles. The number of nitrogens with one attached hydrogen (secondary N) is 2. The van der Waals surface area contributed by atoms with Crippen LogP contribution in [0.25, 0.3) is 0 Å². The Hall–Kier alpha value is -2.46. The lowest BCUT2D eigenvalue weighted by atomic mass is 9.73. The van der Waals surface area contributed by atoms with Gasteiger partial charge in [-0.25, -0.2) is 0 Å². The van der Waals surface area contributed by atoms with E-state index in [1.807, 2.05) is 32.3 Å². The average molecular weight is 396 g/mol. The second-order valence-electron chi connectivity index (χ2n) is 8.71. The largest absolute Gasteiger partial charge is 0.378 e. The molecule has 0 bridgehead atoms. The third-order valence-corrected chi connectivity index (χ3v) is 5.75. The van der Waals surface area contributed by atoms with E-state index in [-0.39, 0.29) is 17.2 Å². The van der Waals surface area contributed by atoms with Gasteiger partial charge in [-0.3, -0.25) is 4.79 Å². The van der Waals surface area contributed by atoms with E-state index in [9.17, 15) is 4.79 Å². The van der Waals surface area contributed by atoms with E-state index >= 15 is 0 Å². The SMILES string of the molecule is CN(C)c1ccc([C@@H]2Nc3cc(Cl)ccc3NC3=C2C(=O)CC(C)(C)C3)cc1. The first-order chi connectivity index (χ1) is 13.2. The highest BCUT2D eigenvalue weighted by molar-refractivity contribution is 6.31. The van der Waals surface area contributed by atoms with Crippen LogP contribution in [0.2, 0.25) is 5.02 Å². The van der Waals surface area contributed by atoms with Crippen LogP contribution in [0.4, 0.5) is 17.1 Å². The Morgan fingerprint density at radius 1 is 1.04 bits per heavy atom. The van der Waals surface area contributed by atoms with Crippen molar-refractivity contribution in [3.05, 3.63) is 64.3 Å². The van der Waals surface area contributed by atoms with Gasteiger partial charge >= 0.3 is 0 Å². The van der Waals surface area contributed by atoms with E-state index in [2.05, 4.69) is 53.6 Å². The van der Waals surface area contributed by atoms with Gasteiger partial charge in [0, 0.05) is 42.5 Å². The number of carbonyl (C=O) groups excluding carboxylic acids is 1. The molecule has 1 atom stereocenters. The van der Waals surface area contributed by atoms with E-state index in [0.29, 0.717) is 11.4 Å². The van der Waals surface area contributed by atoms with Crippen LogP contribution in [0.15, 0.2) is 53.7 Å². The number of allylic oxidation sites excluding steroid dienone is 1. The summed E-state index contributed by atoms with van der Waals surface area (Å²) < 4.78 is 0. The quantitative estimate of drug-likeness (QED) is 0.691. The van der Waals surface area contributed by atoms with E-state index in [4.69, 9.17) is 11.6 Å². The number of carbonyl (C=O) groups is 1. The summed E-state index contributed by atoms with van der Waals surface area (Å²) >= 11 is 6.25. The molecule has 1 aliphatic heterocycles. The van der Waals surface area contributed by atoms with Gasteiger partial charge in [-0.05, 0) is 47.7 Å². The number of fused-ring (bicyclic) bond motifs is 1. The van der Waals surface area contributed by atoms with Gasteiger partial charge in [0.2, 0.25) is 0 Å². The highest BCUT2D eigenvalue weighted by Crippen LogP contribution is 2.45. The van der Waals surface area contributed by atoms with Crippen LogP contribution in [-0.2, 0) is 4.79 Å². The molecule has 0 saturated heterocycles. The Morgan fingerprint density at radius 3 is 2.43 bits per heavy atom. The van der Waals surface area contributed by atoms with Crippen LogP contribution in [-0.4, -0.2) is 19.9 Å². The highest BCUT2D eigenvalue weighted by Gasteiger charge is 2.38. The molecule has 2 aromatic rings. The highest BCUT2D eigenvalue weighted by atomic mass is 35.5. The van der Waals surface area contributed by atoms with E-state index in [1.165, 1.54) is 0 Å². The van der Waals surface area contributed by atoms with Crippen molar-refractivity contribution >= 4 is 34.4 Å². The van der Waals surface area contributed by atoms with Gasteiger partial charge in [0.1, 0.15) is 0 Å². The predicted molar refractivity (Wildman–Crippen MR) is 117 cm³/mol. The van der Waals surface area contributed by atoms with Gasteiger partial charge < -0.3 is 15.5 Å². The third kappa shape index (κ3) is 3.49. The predicted octanol–water partition coefficient (Wildman–Crippen LogP) is 5.63. The summed E-state index contributed by atoms with van der Waals surface area (Å²) in [6, 6.07) is 13.9. The summed E-state index contributed by atoms with van der Waals surface area (Å²) in [5.74, 6) is 0.201. The maximum atomic E-state index is 13.2. The van der Waals surface area contributed by atoms with Crippen LogP contribution >= 0.6 is 11.6 Å². The summed E-state index contributed by atoms with van der Waals surface area (Å²) in [6.07, 6.45) is 1.39. The summed E-state index contributed by atoms with van der Waals surface area (Å²) in [4.78, 5) is 15.3. The van der Waals surface area contributed by atoms with Crippen LogP contribution in [0.3, 0.4) is 0 Å². The van der Waals surface area contributed by atoms with Crippen LogP contribution in [0.1, 0.15) is 38.3 Å². The van der Waals surface area contributed by atoms with E-state index < -0.39 is 0 Å². The van der Waals surface area contributed by atoms with Gasteiger partial charge in [0.15, 0.2) is 5.78 Å². The minimum atomic E-state index is -0.206.